The van der Waals surface area contributed by atoms with Gasteiger partial charge in [0.05, 0.1) is 23.3 Å². The van der Waals surface area contributed by atoms with Crippen LogP contribution in [0.25, 0.3) is 0 Å². The molecule has 5 nitrogen and oxygen atoms in total. The fourth-order valence-electron chi connectivity index (χ4n) is 2.67. The summed E-state index contributed by atoms with van der Waals surface area (Å²) in [7, 11) is 1.68. The molecule has 20 heavy (non-hydrogen) atoms. The van der Waals surface area contributed by atoms with Gasteiger partial charge in [-0.15, -0.1) is 0 Å². The number of fused-ring (bicyclic) bond motifs is 1. The molecule has 0 saturated heterocycles. The first-order valence-corrected chi connectivity index (χ1v) is 6.77. The van der Waals surface area contributed by atoms with Gasteiger partial charge >= 0.3 is 0 Å². The van der Waals surface area contributed by atoms with Gasteiger partial charge in [0.15, 0.2) is 0 Å². The molecule has 1 aromatic carbocycles. The molecular weight excluding hydrogens is 276 g/mol. The summed E-state index contributed by atoms with van der Waals surface area (Å²) in [6.45, 7) is 0. The molecule has 3 N–H and O–H groups in total. The van der Waals surface area contributed by atoms with Crippen molar-refractivity contribution in [1.82, 2.24) is 15.1 Å². The number of rotatable bonds is 2. The number of halogens is 1. The molecule has 0 bridgehead atoms. The number of amides is 1. The van der Waals surface area contributed by atoms with Crippen LogP contribution in [-0.4, -0.2) is 21.7 Å². The standard InChI is InChI=1S/C14H15ClN4O/c1-19-13(10(15)7-17-19)14(20)18-11-6-8-4-2-3-5-9(8)12(11)16/h2-5,7,11-12H,6,16H2,1H3,(H,18,20)/t11-,12-/m1/s1. The summed E-state index contributed by atoms with van der Waals surface area (Å²) in [4.78, 5) is 12.3. The van der Waals surface area contributed by atoms with Crippen molar-refractivity contribution >= 4 is 17.5 Å². The minimum absolute atomic E-state index is 0.120. The van der Waals surface area contributed by atoms with Gasteiger partial charge < -0.3 is 11.1 Å². The van der Waals surface area contributed by atoms with Crippen molar-refractivity contribution in [2.75, 3.05) is 0 Å². The van der Waals surface area contributed by atoms with Crippen molar-refractivity contribution in [1.29, 1.82) is 0 Å². The Labute approximate surface area is 121 Å². The topological polar surface area (TPSA) is 72.9 Å². The van der Waals surface area contributed by atoms with E-state index in [9.17, 15) is 4.79 Å². The molecule has 0 unspecified atom stereocenters. The number of nitrogens with one attached hydrogen (secondary N) is 1. The van der Waals surface area contributed by atoms with Crippen LogP contribution < -0.4 is 11.1 Å². The number of hydrogen-bond acceptors (Lipinski definition) is 3. The van der Waals surface area contributed by atoms with Crippen LogP contribution in [0.15, 0.2) is 30.5 Å². The maximum Gasteiger partial charge on any atom is 0.271 e. The maximum atomic E-state index is 12.3. The number of aromatic nitrogens is 2. The monoisotopic (exact) mass is 290 g/mol. The van der Waals surface area contributed by atoms with Crippen molar-refractivity contribution in [3.63, 3.8) is 0 Å². The average Bonchev–Trinajstić information content (AvgIpc) is 2.92. The molecule has 1 amide bonds. The Kier molecular flexibility index (Phi) is 3.23. The Hall–Kier alpha value is -1.85. The lowest BCUT2D eigenvalue weighted by Crippen LogP contribution is -2.41. The number of carbonyl (C=O) groups excluding carboxylic acids is 1. The molecule has 0 saturated carbocycles. The molecule has 104 valence electrons. The van der Waals surface area contributed by atoms with E-state index in [1.807, 2.05) is 24.3 Å². The lowest BCUT2D eigenvalue weighted by molar-refractivity contribution is 0.0924. The number of aryl methyl sites for hydroxylation is 1. The summed E-state index contributed by atoms with van der Waals surface area (Å²) in [5.41, 5.74) is 8.83. The molecule has 2 aromatic rings. The molecular formula is C14H15ClN4O. The van der Waals surface area contributed by atoms with Crippen LogP contribution >= 0.6 is 11.6 Å². The largest absolute Gasteiger partial charge is 0.346 e. The van der Waals surface area contributed by atoms with Gasteiger partial charge in [-0.3, -0.25) is 9.48 Å². The molecule has 1 aliphatic carbocycles. The van der Waals surface area contributed by atoms with Gasteiger partial charge in [-0.05, 0) is 17.5 Å². The predicted octanol–water partition coefficient (Wildman–Crippen LogP) is 1.43. The van der Waals surface area contributed by atoms with E-state index in [2.05, 4.69) is 10.4 Å². The summed E-state index contributed by atoms with van der Waals surface area (Å²) in [5.74, 6) is -0.247. The minimum atomic E-state index is -0.247. The summed E-state index contributed by atoms with van der Waals surface area (Å²) in [5, 5.41) is 7.26. The Balaban J connectivity index is 1.79. The quantitative estimate of drug-likeness (QED) is 0.879. The second-order valence-corrected chi connectivity index (χ2v) is 5.38. The van der Waals surface area contributed by atoms with E-state index in [1.54, 1.807) is 7.05 Å². The molecule has 0 radical (unpaired) electrons. The second-order valence-electron chi connectivity index (χ2n) is 4.97. The summed E-state index contributed by atoms with van der Waals surface area (Å²) < 4.78 is 1.46. The SMILES string of the molecule is Cn1ncc(Cl)c1C(=O)N[C@@H]1Cc2ccccc2[C@H]1N. The zero-order valence-electron chi connectivity index (χ0n) is 11.0. The van der Waals surface area contributed by atoms with Crippen LogP contribution in [0, 0.1) is 0 Å². The van der Waals surface area contributed by atoms with Crippen molar-refractivity contribution < 1.29 is 4.79 Å². The maximum absolute atomic E-state index is 12.3. The molecule has 3 rings (SSSR count). The summed E-state index contributed by atoms with van der Waals surface area (Å²) in [6, 6.07) is 7.67. The van der Waals surface area contributed by atoms with Crippen LogP contribution in [0.5, 0.6) is 0 Å². The van der Waals surface area contributed by atoms with Crippen molar-refractivity contribution in [3.8, 4) is 0 Å². The number of nitrogens with two attached hydrogens (primary N) is 1. The Morgan fingerprint density at radius 1 is 1.50 bits per heavy atom. The van der Waals surface area contributed by atoms with Gasteiger partial charge in [0.1, 0.15) is 5.69 Å². The number of nitrogens with zero attached hydrogens (tertiary/aromatic N) is 2. The summed E-state index contributed by atoms with van der Waals surface area (Å²) in [6.07, 6.45) is 2.19. The fraction of sp³-hybridized carbons (Fsp3) is 0.286. The third-order valence-electron chi connectivity index (χ3n) is 3.71. The first kappa shape index (κ1) is 13.1. The first-order valence-electron chi connectivity index (χ1n) is 6.39. The molecule has 1 aliphatic rings. The third-order valence-corrected chi connectivity index (χ3v) is 3.99. The first-order chi connectivity index (χ1) is 9.58. The van der Waals surface area contributed by atoms with Gasteiger partial charge in [-0.25, -0.2) is 0 Å². The minimum Gasteiger partial charge on any atom is -0.346 e. The van der Waals surface area contributed by atoms with E-state index in [-0.39, 0.29) is 18.0 Å². The van der Waals surface area contributed by atoms with E-state index in [0.717, 1.165) is 12.0 Å². The van der Waals surface area contributed by atoms with E-state index in [4.69, 9.17) is 17.3 Å². The Morgan fingerprint density at radius 2 is 2.25 bits per heavy atom. The highest BCUT2D eigenvalue weighted by Crippen LogP contribution is 2.29. The highest BCUT2D eigenvalue weighted by Gasteiger charge is 2.31. The third kappa shape index (κ3) is 2.09. The van der Waals surface area contributed by atoms with E-state index in [1.165, 1.54) is 16.4 Å². The lowest BCUT2D eigenvalue weighted by Gasteiger charge is -2.18. The van der Waals surface area contributed by atoms with E-state index < -0.39 is 0 Å². The van der Waals surface area contributed by atoms with E-state index >= 15 is 0 Å². The highest BCUT2D eigenvalue weighted by molar-refractivity contribution is 6.33. The predicted molar refractivity (Wildman–Crippen MR) is 76.5 cm³/mol. The zero-order valence-corrected chi connectivity index (χ0v) is 11.8. The van der Waals surface area contributed by atoms with Crippen molar-refractivity contribution in [2.45, 2.75) is 18.5 Å². The summed E-state index contributed by atoms with van der Waals surface area (Å²) >= 11 is 5.98. The average molecular weight is 291 g/mol. The van der Waals surface area contributed by atoms with Crippen LogP contribution in [0.2, 0.25) is 5.02 Å². The van der Waals surface area contributed by atoms with Gasteiger partial charge in [0.25, 0.3) is 5.91 Å². The molecule has 1 heterocycles. The van der Waals surface area contributed by atoms with Crippen LogP contribution in [0.1, 0.15) is 27.7 Å². The van der Waals surface area contributed by atoms with Gasteiger partial charge in [-0.1, -0.05) is 35.9 Å². The second kappa shape index (κ2) is 4.92. The molecule has 0 fully saturated rings. The fourth-order valence-corrected chi connectivity index (χ4v) is 2.92. The Morgan fingerprint density at radius 3 is 2.90 bits per heavy atom. The normalized spacial score (nSPS) is 20.8. The van der Waals surface area contributed by atoms with E-state index in [0.29, 0.717) is 10.7 Å². The molecule has 6 heteroatoms. The van der Waals surface area contributed by atoms with Gasteiger partial charge in [0.2, 0.25) is 0 Å². The highest BCUT2D eigenvalue weighted by atomic mass is 35.5. The number of benzene rings is 1. The van der Waals surface area contributed by atoms with Gasteiger partial charge in [0, 0.05) is 7.05 Å². The zero-order chi connectivity index (χ0) is 14.3. The van der Waals surface area contributed by atoms with Crippen LogP contribution in [-0.2, 0) is 13.5 Å². The van der Waals surface area contributed by atoms with Crippen LogP contribution in [0.4, 0.5) is 0 Å². The van der Waals surface area contributed by atoms with Crippen LogP contribution in [0.3, 0.4) is 0 Å². The molecule has 0 aliphatic heterocycles. The van der Waals surface area contributed by atoms with Crippen molar-refractivity contribution in [3.05, 3.63) is 52.3 Å². The number of carbonyl (C=O) groups is 1. The number of hydrogen-bond donors (Lipinski definition) is 2. The molecule has 2 atom stereocenters. The molecule has 0 spiro atoms. The smallest absolute Gasteiger partial charge is 0.271 e. The molecule has 1 aromatic heterocycles. The Bertz CT molecular complexity index is 647. The van der Waals surface area contributed by atoms with Crippen molar-refractivity contribution in [2.24, 2.45) is 12.8 Å². The lowest BCUT2D eigenvalue weighted by atomic mass is 10.1. The van der Waals surface area contributed by atoms with Gasteiger partial charge in [-0.2, -0.15) is 5.10 Å².